The highest BCUT2D eigenvalue weighted by Gasteiger charge is 2.24. The van der Waals surface area contributed by atoms with Gasteiger partial charge in [0.15, 0.2) is 0 Å². The van der Waals surface area contributed by atoms with Gasteiger partial charge in [-0.25, -0.2) is 9.18 Å². The van der Waals surface area contributed by atoms with E-state index in [-0.39, 0.29) is 11.2 Å². The first-order chi connectivity index (χ1) is 8.91. The number of nitrogens with zero attached hydrogens (tertiary/aromatic N) is 1. The molecule has 19 heavy (non-hydrogen) atoms. The molecule has 6 heteroatoms. The normalized spacial score (nSPS) is 12.4. The molecule has 1 heterocycles. The number of hydrogen-bond donors (Lipinski definition) is 2. The van der Waals surface area contributed by atoms with Crippen molar-refractivity contribution in [1.82, 2.24) is 9.88 Å². The van der Waals surface area contributed by atoms with Gasteiger partial charge < -0.3 is 15.0 Å². The summed E-state index contributed by atoms with van der Waals surface area (Å²) in [7, 11) is 1.39. The fraction of sp³-hybridized carbons (Fsp3) is 0.231. The highest BCUT2D eigenvalue weighted by Crippen LogP contribution is 2.19. The third kappa shape index (κ3) is 2.29. The van der Waals surface area contributed by atoms with E-state index < -0.39 is 23.7 Å². The van der Waals surface area contributed by atoms with Crippen molar-refractivity contribution in [3.63, 3.8) is 0 Å². The average Bonchev–Trinajstić information content (AvgIpc) is 2.81. The number of H-pyrrole nitrogens is 1. The average molecular weight is 264 g/mol. The lowest BCUT2D eigenvalue weighted by Gasteiger charge is -2.20. The zero-order chi connectivity index (χ0) is 14.2. The quantitative estimate of drug-likeness (QED) is 0.888. The number of para-hydroxylation sites is 1. The lowest BCUT2D eigenvalue weighted by Crippen LogP contribution is -2.40. The molecule has 0 saturated heterocycles. The smallest absolute Gasteiger partial charge is 0.326 e. The van der Waals surface area contributed by atoms with Crippen molar-refractivity contribution in [2.24, 2.45) is 0 Å². The third-order valence-electron chi connectivity index (χ3n) is 3.09. The summed E-state index contributed by atoms with van der Waals surface area (Å²) in [5, 5.41) is 9.44. The molecule has 0 aliphatic rings. The van der Waals surface area contributed by atoms with Gasteiger partial charge in [0.2, 0.25) is 0 Å². The standard InChI is InChI=1S/C13H13FN2O3/c1-7(13(18)19)16(2)12(17)10-6-8-4-3-5-9(14)11(8)15-10/h3-7,15H,1-2H3,(H,18,19). The third-order valence-corrected chi connectivity index (χ3v) is 3.09. The molecule has 1 unspecified atom stereocenters. The lowest BCUT2D eigenvalue weighted by molar-refractivity contribution is -0.141. The van der Waals surface area contributed by atoms with E-state index in [4.69, 9.17) is 5.11 Å². The van der Waals surface area contributed by atoms with Gasteiger partial charge in [-0.3, -0.25) is 4.79 Å². The Hall–Kier alpha value is -2.37. The van der Waals surface area contributed by atoms with Crippen LogP contribution in [-0.4, -0.2) is 40.0 Å². The first kappa shape index (κ1) is 13.1. The zero-order valence-corrected chi connectivity index (χ0v) is 10.5. The molecule has 100 valence electrons. The van der Waals surface area contributed by atoms with Gasteiger partial charge >= 0.3 is 5.97 Å². The van der Waals surface area contributed by atoms with Crippen LogP contribution in [0.1, 0.15) is 17.4 Å². The van der Waals surface area contributed by atoms with Crippen LogP contribution in [0, 0.1) is 5.82 Å². The van der Waals surface area contributed by atoms with E-state index in [1.807, 2.05) is 0 Å². The second kappa shape index (κ2) is 4.72. The number of rotatable bonds is 3. The maximum absolute atomic E-state index is 13.5. The van der Waals surface area contributed by atoms with Gasteiger partial charge in [0, 0.05) is 12.4 Å². The molecule has 1 aromatic heterocycles. The predicted octanol–water partition coefficient (Wildman–Crippen LogP) is 1.85. The van der Waals surface area contributed by atoms with Gasteiger partial charge in [0.25, 0.3) is 5.91 Å². The van der Waals surface area contributed by atoms with Crippen LogP contribution < -0.4 is 0 Å². The summed E-state index contributed by atoms with van der Waals surface area (Å²) < 4.78 is 13.5. The number of nitrogens with one attached hydrogen (secondary N) is 1. The number of carboxylic acid groups (broad SMARTS) is 1. The maximum Gasteiger partial charge on any atom is 0.326 e. The molecule has 0 spiro atoms. The zero-order valence-electron chi connectivity index (χ0n) is 10.5. The molecule has 0 bridgehead atoms. The number of carboxylic acids is 1. The van der Waals surface area contributed by atoms with Gasteiger partial charge in [0.05, 0.1) is 5.52 Å². The van der Waals surface area contributed by atoms with E-state index in [0.29, 0.717) is 5.39 Å². The minimum Gasteiger partial charge on any atom is -0.480 e. The number of hydrogen-bond acceptors (Lipinski definition) is 2. The van der Waals surface area contributed by atoms with E-state index in [2.05, 4.69) is 4.98 Å². The monoisotopic (exact) mass is 264 g/mol. The molecule has 1 aromatic carbocycles. The van der Waals surface area contributed by atoms with Gasteiger partial charge in [-0.1, -0.05) is 12.1 Å². The molecular weight excluding hydrogens is 251 g/mol. The molecule has 5 nitrogen and oxygen atoms in total. The van der Waals surface area contributed by atoms with Gasteiger partial charge in [0.1, 0.15) is 17.6 Å². The second-order valence-electron chi connectivity index (χ2n) is 4.32. The molecule has 2 aromatic rings. The van der Waals surface area contributed by atoms with E-state index in [1.54, 1.807) is 12.1 Å². The van der Waals surface area contributed by atoms with Gasteiger partial charge in [-0.05, 0) is 19.1 Å². The molecule has 1 amide bonds. The van der Waals surface area contributed by atoms with E-state index >= 15 is 0 Å². The summed E-state index contributed by atoms with van der Waals surface area (Å²) >= 11 is 0. The molecule has 0 saturated carbocycles. The summed E-state index contributed by atoms with van der Waals surface area (Å²) in [6.07, 6.45) is 0. The highest BCUT2D eigenvalue weighted by atomic mass is 19.1. The minimum absolute atomic E-state index is 0.163. The van der Waals surface area contributed by atoms with E-state index in [1.165, 1.54) is 26.1 Å². The van der Waals surface area contributed by atoms with Crippen LogP contribution in [-0.2, 0) is 4.79 Å². The maximum atomic E-state index is 13.5. The summed E-state index contributed by atoms with van der Waals surface area (Å²) in [6.45, 7) is 1.41. The molecule has 0 fully saturated rings. The van der Waals surface area contributed by atoms with Crippen LogP contribution in [0.4, 0.5) is 4.39 Å². The number of aliphatic carboxylic acids is 1. The van der Waals surface area contributed by atoms with Crippen LogP contribution >= 0.6 is 0 Å². The predicted molar refractivity (Wildman–Crippen MR) is 67.4 cm³/mol. The number of likely N-dealkylation sites (N-methyl/N-ethyl adjacent to an activating group) is 1. The van der Waals surface area contributed by atoms with Crippen LogP contribution in [0.15, 0.2) is 24.3 Å². The summed E-state index contributed by atoms with van der Waals surface area (Å²) in [5.74, 6) is -2.05. The number of aromatic nitrogens is 1. The van der Waals surface area contributed by atoms with Crippen molar-refractivity contribution in [2.45, 2.75) is 13.0 Å². The van der Waals surface area contributed by atoms with Crippen molar-refractivity contribution in [3.8, 4) is 0 Å². The molecule has 2 rings (SSSR count). The Morgan fingerprint density at radius 1 is 1.42 bits per heavy atom. The minimum atomic E-state index is -1.10. The molecule has 0 aliphatic carbocycles. The Bertz CT molecular complexity index is 650. The molecule has 2 N–H and O–H groups in total. The summed E-state index contributed by atoms with van der Waals surface area (Å²) in [5.41, 5.74) is 0.401. The first-order valence-electron chi connectivity index (χ1n) is 5.69. The van der Waals surface area contributed by atoms with Crippen LogP contribution in [0.2, 0.25) is 0 Å². The topological polar surface area (TPSA) is 73.4 Å². The largest absolute Gasteiger partial charge is 0.480 e. The summed E-state index contributed by atoms with van der Waals surface area (Å²) in [4.78, 5) is 26.7. The SMILES string of the molecule is CC(C(=O)O)N(C)C(=O)c1cc2cccc(F)c2[nH]1. The number of carbonyl (C=O) groups excluding carboxylic acids is 1. The van der Waals surface area contributed by atoms with Gasteiger partial charge in [-0.15, -0.1) is 0 Å². The Kier molecular flexibility index (Phi) is 3.25. The van der Waals surface area contributed by atoms with Crippen molar-refractivity contribution >= 4 is 22.8 Å². The molecule has 0 radical (unpaired) electrons. The highest BCUT2D eigenvalue weighted by molar-refractivity contribution is 5.99. The summed E-state index contributed by atoms with van der Waals surface area (Å²) in [6, 6.07) is 5.06. The lowest BCUT2D eigenvalue weighted by atomic mass is 10.2. The Balaban J connectivity index is 2.37. The fourth-order valence-corrected chi connectivity index (χ4v) is 1.77. The van der Waals surface area contributed by atoms with Crippen LogP contribution in [0.3, 0.4) is 0 Å². The number of fused-ring (bicyclic) bond motifs is 1. The van der Waals surface area contributed by atoms with Crippen LogP contribution in [0.25, 0.3) is 10.9 Å². The van der Waals surface area contributed by atoms with Crippen molar-refractivity contribution < 1.29 is 19.1 Å². The molecule has 1 atom stereocenters. The Morgan fingerprint density at radius 2 is 2.11 bits per heavy atom. The van der Waals surface area contributed by atoms with Crippen molar-refractivity contribution in [3.05, 3.63) is 35.8 Å². The Labute approximate surface area is 108 Å². The second-order valence-corrected chi connectivity index (χ2v) is 4.32. The first-order valence-corrected chi connectivity index (χ1v) is 5.69. The fourth-order valence-electron chi connectivity index (χ4n) is 1.77. The number of amides is 1. The van der Waals surface area contributed by atoms with Gasteiger partial charge in [-0.2, -0.15) is 0 Å². The van der Waals surface area contributed by atoms with Crippen molar-refractivity contribution in [2.75, 3.05) is 7.05 Å². The molecular formula is C13H13FN2O3. The van der Waals surface area contributed by atoms with E-state index in [0.717, 1.165) is 4.90 Å². The van der Waals surface area contributed by atoms with Crippen molar-refractivity contribution in [1.29, 1.82) is 0 Å². The number of benzene rings is 1. The number of aromatic amines is 1. The number of carbonyl (C=O) groups is 2. The van der Waals surface area contributed by atoms with Crippen LogP contribution in [0.5, 0.6) is 0 Å². The van der Waals surface area contributed by atoms with E-state index in [9.17, 15) is 14.0 Å². The number of halogens is 1. The molecule has 0 aliphatic heterocycles. The Morgan fingerprint density at radius 3 is 2.68 bits per heavy atom.